The Kier molecular flexibility index (Phi) is 3.90. The maximum atomic E-state index is 11.2. The Hall–Kier alpha value is -1.89. The highest BCUT2D eigenvalue weighted by atomic mass is 16.5. The molecule has 3 rings (SSSR count). The van der Waals surface area contributed by atoms with Crippen LogP contribution in [0.3, 0.4) is 0 Å². The van der Waals surface area contributed by atoms with Crippen molar-refractivity contribution in [2.75, 3.05) is 20.3 Å². The van der Waals surface area contributed by atoms with Gasteiger partial charge in [0, 0.05) is 56.5 Å². The van der Waals surface area contributed by atoms with E-state index < -0.39 is 12.0 Å². The first kappa shape index (κ1) is 15.0. The summed E-state index contributed by atoms with van der Waals surface area (Å²) in [6.07, 6.45) is 1.82. The minimum atomic E-state index is -1.00. The van der Waals surface area contributed by atoms with Gasteiger partial charge in [0.1, 0.15) is 6.04 Å². The first-order valence-electron chi connectivity index (χ1n) is 7.31. The lowest BCUT2D eigenvalue weighted by atomic mass is 10.0. The van der Waals surface area contributed by atoms with Crippen LogP contribution >= 0.6 is 0 Å². The standard InChI is InChI=1S/C16H21N3O3/c1-18-9-13(15(17)16(20)21)12-5-10-7-19(3-4-22-2)8-11(10)6-14(12)18/h5-6,9,15H,3-4,7-8,17H2,1-2H3,(H,20,21). The van der Waals surface area contributed by atoms with Gasteiger partial charge in [-0.1, -0.05) is 0 Å². The summed E-state index contributed by atoms with van der Waals surface area (Å²) in [7, 11) is 3.63. The zero-order valence-corrected chi connectivity index (χ0v) is 12.9. The number of rotatable bonds is 5. The summed E-state index contributed by atoms with van der Waals surface area (Å²) in [5, 5.41) is 10.1. The minimum Gasteiger partial charge on any atom is -0.480 e. The molecule has 0 amide bonds. The van der Waals surface area contributed by atoms with Crippen molar-refractivity contribution in [3.05, 3.63) is 35.0 Å². The number of carbonyl (C=O) groups is 1. The summed E-state index contributed by atoms with van der Waals surface area (Å²) < 4.78 is 7.08. The van der Waals surface area contributed by atoms with Gasteiger partial charge >= 0.3 is 5.97 Å². The number of ether oxygens (including phenoxy) is 1. The topological polar surface area (TPSA) is 80.7 Å². The quantitative estimate of drug-likeness (QED) is 0.868. The van der Waals surface area contributed by atoms with Gasteiger partial charge in [-0.25, -0.2) is 0 Å². The smallest absolute Gasteiger partial charge is 0.325 e. The molecule has 0 fully saturated rings. The van der Waals surface area contributed by atoms with E-state index >= 15 is 0 Å². The van der Waals surface area contributed by atoms with Crippen LogP contribution in [0.4, 0.5) is 0 Å². The minimum absolute atomic E-state index is 0.670. The van der Waals surface area contributed by atoms with Crippen LogP contribution in [0.15, 0.2) is 18.3 Å². The van der Waals surface area contributed by atoms with E-state index in [9.17, 15) is 9.90 Å². The zero-order valence-electron chi connectivity index (χ0n) is 12.9. The normalized spacial score (nSPS) is 16.1. The largest absolute Gasteiger partial charge is 0.480 e. The maximum absolute atomic E-state index is 11.2. The van der Waals surface area contributed by atoms with E-state index in [0.29, 0.717) is 12.2 Å². The zero-order chi connectivity index (χ0) is 15.9. The van der Waals surface area contributed by atoms with Crippen molar-refractivity contribution < 1.29 is 14.6 Å². The van der Waals surface area contributed by atoms with E-state index in [1.165, 1.54) is 11.1 Å². The van der Waals surface area contributed by atoms with Gasteiger partial charge in [0.25, 0.3) is 0 Å². The SMILES string of the molecule is COCCN1Cc2cc3c(C(N)C(=O)O)cn(C)c3cc2C1. The number of aryl methyl sites for hydroxylation is 1. The highest BCUT2D eigenvalue weighted by Gasteiger charge is 2.24. The Labute approximate surface area is 129 Å². The highest BCUT2D eigenvalue weighted by Crippen LogP contribution is 2.32. The molecule has 6 nitrogen and oxygen atoms in total. The molecule has 0 saturated heterocycles. The van der Waals surface area contributed by atoms with E-state index in [1.807, 2.05) is 17.8 Å². The van der Waals surface area contributed by atoms with Gasteiger partial charge in [-0.2, -0.15) is 0 Å². The van der Waals surface area contributed by atoms with Crippen molar-refractivity contribution in [2.45, 2.75) is 19.1 Å². The fraction of sp³-hybridized carbons (Fsp3) is 0.438. The molecule has 1 aliphatic heterocycles. The lowest BCUT2D eigenvalue weighted by molar-refractivity contribution is -0.138. The summed E-state index contributed by atoms with van der Waals surface area (Å²) >= 11 is 0. The van der Waals surface area contributed by atoms with Crippen LogP contribution in [0, 0.1) is 0 Å². The molecule has 6 heteroatoms. The number of carboxylic acids is 1. The van der Waals surface area contributed by atoms with Crippen molar-refractivity contribution in [3.63, 3.8) is 0 Å². The number of nitrogens with zero attached hydrogens (tertiary/aromatic N) is 2. The third-order valence-corrected chi connectivity index (χ3v) is 4.34. The first-order valence-corrected chi connectivity index (χ1v) is 7.31. The molecule has 0 saturated carbocycles. The van der Waals surface area contributed by atoms with E-state index in [2.05, 4.69) is 17.0 Å². The Bertz CT molecular complexity index is 723. The lowest BCUT2D eigenvalue weighted by Gasteiger charge is -2.13. The van der Waals surface area contributed by atoms with Gasteiger partial charge in [-0.3, -0.25) is 9.69 Å². The predicted molar refractivity (Wildman–Crippen MR) is 83.5 cm³/mol. The molecular formula is C16H21N3O3. The molecule has 118 valence electrons. The Morgan fingerprint density at radius 2 is 2.09 bits per heavy atom. The lowest BCUT2D eigenvalue weighted by Crippen LogP contribution is -2.21. The Morgan fingerprint density at radius 3 is 2.73 bits per heavy atom. The van der Waals surface area contributed by atoms with Crippen LogP contribution in [0.1, 0.15) is 22.7 Å². The fourth-order valence-corrected chi connectivity index (χ4v) is 3.14. The maximum Gasteiger partial charge on any atom is 0.325 e. The van der Waals surface area contributed by atoms with Crippen molar-refractivity contribution in [1.29, 1.82) is 0 Å². The van der Waals surface area contributed by atoms with Gasteiger partial charge in [0.05, 0.1) is 6.61 Å². The van der Waals surface area contributed by atoms with Gasteiger partial charge < -0.3 is 20.1 Å². The van der Waals surface area contributed by atoms with Crippen LogP contribution in [-0.4, -0.2) is 40.8 Å². The highest BCUT2D eigenvalue weighted by molar-refractivity contribution is 5.90. The molecule has 1 unspecified atom stereocenters. The van der Waals surface area contributed by atoms with Crippen molar-refractivity contribution in [3.8, 4) is 0 Å². The fourth-order valence-electron chi connectivity index (χ4n) is 3.14. The summed E-state index contributed by atoms with van der Waals surface area (Å²) in [6.45, 7) is 3.37. The van der Waals surface area contributed by atoms with Crippen molar-refractivity contribution in [1.82, 2.24) is 9.47 Å². The number of benzene rings is 1. The number of hydrogen-bond acceptors (Lipinski definition) is 4. The second kappa shape index (κ2) is 5.72. The summed E-state index contributed by atoms with van der Waals surface area (Å²) in [5.74, 6) is -1.00. The summed E-state index contributed by atoms with van der Waals surface area (Å²) in [4.78, 5) is 13.5. The number of fused-ring (bicyclic) bond motifs is 2. The number of methoxy groups -OCH3 is 1. The van der Waals surface area contributed by atoms with E-state index in [1.54, 1.807) is 7.11 Å². The molecule has 1 aliphatic rings. The van der Waals surface area contributed by atoms with Crippen molar-refractivity contribution in [2.24, 2.45) is 12.8 Å². The molecule has 22 heavy (non-hydrogen) atoms. The second-order valence-corrected chi connectivity index (χ2v) is 5.85. The number of hydrogen-bond donors (Lipinski definition) is 2. The van der Waals surface area contributed by atoms with E-state index in [4.69, 9.17) is 10.5 Å². The Morgan fingerprint density at radius 1 is 1.41 bits per heavy atom. The van der Waals surface area contributed by atoms with Crippen LogP contribution in [-0.2, 0) is 29.7 Å². The van der Waals surface area contributed by atoms with Gasteiger partial charge in [0.2, 0.25) is 0 Å². The third kappa shape index (κ3) is 2.49. The number of aliphatic carboxylic acids is 1. The van der Waals surface area contributed by atoms with Gasteiger partial charge in [-0.15, -0.1) is 0 Å². The number of nitrogens with two attached hydrogens (primary N) is 1. The summed E-state index contributed by atoms with van der Waals surface area (Å²) in [6, 6.07) is 3.25. The van der Waals surface area contributed by atoms with Crippen molar-refractivity contribution >= 4 is 16.9 Å². The average Bonchev–Trinajstić information content (AvgIpc) is 3.03. The summed E-state index contributed by atoms with van der Waals surface area (Å²) in [5.41, 5.74) is 10.0. The molecule has 0 bridgehead atoms. The Balaban J connectivity index is 1.99. The van der Waals surface area contributed by atoms with Crippen LogP contribution in [0.5, 0.6) is 0 Å². The van der Waals surface area contributed by atoms with Crippen LogP contribution in [0.2, 0.25) is 0 Å². The molecule has 3 N–H and O–H groups in total. The third-order valence-electron chi connectivity index (χ3n) is 4.34. The average molecular weight is 303 g/mol. The number of aromatic nitrogens is 1. The molecule has 0 aliphatic carbocycles. The monoisotopic (exact) mass is 303 g/mol. The second-order valence-electron chi connectivity index (χ2n) is 5.85. The molecule has 0 spiro atoms. The number of carboxylic acid groups (broad SMARTS) is 1. The first-order chi connectivity index (χ1) is 10.5. The van der Waals surface area contributed by atoms with Gasteiger partial charge in [0.15, 0.2) is 0 Å². The van der Waals surface area contributed by atoms with Crippen LogP contribution < -0.4 is 5.73 Å². The van der Waals surface area contributed by atoms with Gasteiger partial charge in [-0.05, 0) is 23.3 Å². The molecular weight excluding hydrogens is 282 g/mol. The van der Waals surface area contributed by atoms with E-state index in [0.717, 1.165) is 30.5 Å². The molecule has 1 atom stereocenters. The molecule has 1 aromatic heterocycles. The predicted octanol–water partition coefficient (Wildman–Crippen LogP) is 1.22. The van der Waals surface area contributed by atoms with Crippen LogP contribution in [0.25, 0.3) is 10.9 Å². The van der Waals surface area contributed by atoms with E-state index in [-0.39, 0.29) is 0 Å². The molecule has 2 heterocycles. The molecule has 1 aromatic carbocycles. The molecule has 0 radical (unpaired) electrons. The molecule has 2 aromatic rings.